The van der Waals surface area contributed by atoms with Gasteiger partial charge in [0, 0.05) is 18.4 Å². The molecule has 0 saturated carbocycles. The van der Waals surface area contributed by atoms with Crippen molar-refractivity contribution in [2.75, 3.05) is 6.61 Å². The van der Waals surface area contributed by atoms with Gasteiger partial charge in [0.15, 0.2) is 0 Å². The Kier molecular flexibility index (Phi) is 5.99. The van der Waals surface area contributed by atoms with Crippen LogP contribution in [0.15, 0.2) is 24.3 Å². The number of benzene rings is 1. The molecule has 1 heterocycles. The number of halogens is 1. The molecule has 1 aromatic carbocycles. The van der Waals surface area contributed by atoms with Gasteiger partial charge in [0.25, 0.3) is 0 Å². The molecular formula is C18H25FO4. The highest BCUT2D eigenvalue weighted by atomic mass is 19.1. The maximum absolute atomic E-state index is 13.1. The van der Waals surface area contributed by atoms with E-state index in [-0.39, 0.29) is 30.5 Å². The van der Waals surface area contributed by atoms with Crippen molar-refractivity contribution >= 4 is 5.97 Å². The van der Waals surface area contributed by atoms with Gasteiger partial charge in [-0.3, -0.25) is 4.79 Å². The Morgan fingerprint density at radius 3 is 2.52 bits per heavy atom. The van der Waals surface area contributed by atoms with Crippen molar-refractivity contribution in [1.29, 1.82) is 0 Å². The van der Waals surface area contributed by atoms with Crippen molar-refractivity contribution in [3.8, 4) is 5.75 Å². The van der Waals surface area contributed by atoms with Crippen LogP contribution in [0.2, 0.25) is 0 Å². The molecule has 1 fully saturated rings. The number of para-hydroxylation sites is 1. The van der Waals surface area contributed by atoms with E-state index >= 15 is 0 Å². The fourth-order valence-corrected chi connectivity index (χ4v) is 2.87. The Hall–Kier alpha value is -1.62. The lowest BCUT2D eigenvalue weighted by Crippen LogP contribution is -2.49. The van der Waals surface area contributed by atoms with Gasteiger partial charge >= 0.3 is 5.97 Å². The standard InChI is InChI=1S/C18H25FO4/c1-11-12(2)17(10-21-14(4)20)23-18(13(11)3)22-16-8-6-5-7-15(16)9-19/h5-8,11-13,17-18H,9-10H2,1-4H3/t11-,12+,13?,17?,18+/m0/s1. The minimum absolute atomic E-state index is 0.145. The summed E-state index contributed by atoms with van der Waals surface area (Å²) < 4.78 is 30.1. The first-order valence-electron chi connectivity index (χ1n) is 8.03. The second kappa shape index (κ2) is 7.77. The molecular weight excluding hydrogens is 299 g/mol. The zero-order valence-corrected chi connectivity index (χ0v) is 14.1. The van der Waals surface area contributed by atoms with Gasteiger partial charge < -0.3 is 14.2 Å². The molecule has 5 heteroatoms. The molecule has 0 N–H and O–H groups in total. The van der Waals surface area contributed by atoms with Gasteiger partial charge in [-0.15, -0.1) is 0 Å². The van der Waals surface area contributed by atoms with E-state index in [4.69, 9.17) is 14.2 Å². The van der Waals surface area contributed by atoms with Gasteiger partial charge in [0.1, 0.15) is 19.0 Å². The van der Waals surface area contributed by atoms with Crippen LogP contribution in [-0.2, 0) is 20.9 Å². The van der Waals surface area contributed by atoms with E-state index in [9.17, 15) is 9.18 Å². The average molecular weight is 324 g/mol. The highest BCUT2D eigenvalue weighted by Gasteiger charge is 2.40. The summed E-state index contributed by atoms with van der Waals surface area (Å²) in [6.07, 6.45) is -0.720. The summed E-state index contributed by atoms with van der Waals surface area (Å²) in [4.78, 5) is 11.0. The van der Waals surface area contributed by atoms with Gasteiger partial charge in [0.05, 0.1) is 6.10 Å². The second-order valence-corrected chi connectivity index (χ2v) is 6.28. The van der Waals surface area contributed by atoms with Crippen LogP contribution >= 0.6 is 0 Å². The van der Waals surface area contributed by atoms with Crippen molar-refractivity contribution < 1.29 is 23.4 Å². The molecule has 128 valence electrons. The van der Waals surface area contributed by atoms with Crippen LogP contribution in [0.4, 0.5) is 4.39 Å². The largest absolute Gasteiger partial charge is 0.464 e. The van der Waals surface area contributed by atoms with E-state index in [2.05, 4.69) is 20.8 Å². The normalized spacial score (nSPS) is 30.7. The Morgan fingerprint density at radius 1 is 1.17 bits per heavy atom. The Labute approximate surface area is 136 Å². The van der Waals surface area contributed by atoms with Crippen molar-refractivity contribution in [2.24, 2.45) is 17.8 Å². The van der Waals surface area contributed by atoms with Gasteiger partial charge in [-0.1, -0.05) is 39.0 Å². The average Bonchev–Trinajstić information content (AvgIpc) is 2.54. The Bertz CT molecular complexity index is 534. The fourth-order valence-electron chi connectivity index (χ4n) is 2.87. The third-order valence-electron chi connectivity index (χ3n) is 4.79. The van der Waals surface area contributed by atoms with Crippen LogP contribution in [0, 0.1) is 17.8 Å². The first-order chi connectivity index (χ1) is 10.9. The molecule has 0 bridgehead atoms. The lowest BCUT2D eigenvalue weighted by atomic mass is 9.79. The number of hydrogen-bond donors (Lipinski definition) is 0. The van der Waals surface area contributed by atoms with Crippen LogP contribution in [0.5, 0.6) is 5.75 Å². The minimum atomic E-state index is -0.583. The zero-order valence-electron chi connectivity index (χ0n) is 14.1. The molecule has 0 aliphatic carbocycles. The van der Waals surface area contributed by atoms with E-state index in [0.717, 1.165) is 0 Å². The molecule has 1 aliphatic rings. The van der Waals surface area contributed by atoms with E-state index in [1.54, 1.807) is 18.2 Å². The number of ether oxygens (including phenoxy) is 3. The minimum Gasteiger partial charge on any atom is -0.464 e. The van der Waals surface area contributed by atoms with Crippen LogP contribution in [0.1, 0.15) is 33.3 Å². The van der Waals surface area contributed by atoms with E-state index in [1.807, 2.05) is 6.07 Å². The number of carbonyl (C=O) groups is 1. The van der Waals surface area contributed by atoms with Crippen LogP contribution < -0.4 is 4.74 Å². The summed E-state index contributed by atoms with van der Waals surface area (Å²) in [6, 6.07) is 7.03. The molecule has 1 aromatic rings. The summed E-state index contributed by atoms with van der Waals surface area (Å²) in [5, 5.41) is 0. The van der Waals surface area contributed by atoms with Crippen molar-refractivity contribution in [1.82, 2.24) is 0 Å². The summed E-state index contributed by atoms with van der Waals surface area (Å²) in [5.74, 6) is 0.880. The smallest absolute Gasteiger partial charge is 0.302 e. The fraction of sp³-hybridized carbons (Fsp3) is 0.611. The molecule has 1 aliphatic heterocycles. The maximum atomic E-state index is 13.1. The molecule has 0 radical (unpaired) electrons. The summed E-state index contributed by atoms with van der Waals surface area (Å²) in [5.41, 5.74) is 0.506. The highest BCUT2D eigenvalue weighted by molar-refractivity contribution is 5.65. The van der Waals surface area contributed by atoms with Crippen molar-refractivity contribution in [3.05, 3.63) is 29.8 Å². The van der Waals surface area contributed by atoms with E-state index in [0.29, 0.717) is 17.2 Å². The Morgan fingerprint density at radius 2 is 1.87 bits per heavy atom. The highest BCUT2D eigenvalue weighted by Crippen LogP contribution is 2.36. The SMILES string of the molecule is CC(=O)OCC1O[C@@H](Oc2ccccc2CF)C(C)[C@@H](C)[C@H]1C. The predicted molar refractivity (Wildman–Crippen MR) is 84.7 cm³/mol. The Balaban J connectivity index is 2.11. The van der Waals surface area contributed by atoms with E-state index < -0.39 is 13.0 Å². The first kappa shape index (κ1) is 17.7. The molecule has 5 atom stereocenters. The maximum Gasteiger partial charge on any atom is 0.302 e. The van der Waals surface area contributed by atoms with E-state index in [1.165, 1.54) is 6.92 Å². The number of carbonyl (C=O) groups excluding carboxylic acids is 1. The molecule has 1 saturated heterocycles. The van der Waals surface area contributed by atoms with Crippen molar-refractivity contribution in [2.45, 2.75) is 46.8 Å². The molecule has 23 heavy (non-hydrogen) atoms. The molecule has 0 amide bonds. The molecule has 0 spiro atoms. The van der Waals surface area contributed by atoms with Crippen LogP contribution in [0.3, 0.4) is 0 Å². The quantitative estimate of drug-likeness (QED) is 0.774. The van der Waals surface area contributed by atoms with Gasteiger partial charge in [-0.05, 0) is 17.9 Å². The van der Waals surface area contributed by atoms with Crippen LogP contribution in [0.25, 0.3) is 0 Å². The number of rotatable bonds is 5. The third-order valence-corrected chi connectivity index (χ3v) is 4.79. The van der Waals surface area contributed by atoms with Crippen LogP contribution in [-0.4, -0.2) is 25.0 Å². The topological polar surface area (TPSA) is 44.8 Å². The summed E-state index contributed by atoms with van der Waals surface area (Å²) >= 11 is 0. The first-order valence-corrected chi connectivity index (χ1v) is 8.03. The third kappa shape index (κ3) is 4.22. The van der Waals surface area contributed by atoms with Gasteiger partial charge in [-0.25, -0.2) is 4.39 Å². The second-order valence-electron chi connectivity index (χ2n) is 6.28. The summed E-state index contributed by atoms with van der Waals surface area (Å²) in [7, 11) is 0. The van der Waals surface area contributed by atoms with Crippen molar-refractivity contribution in [3.63, 3.8) is 0 Å². The monoisotopic (exact) mass is 324 g/mol. The lowest BCUT2D eigenvalue weighted by Gasteiger charge is -2.43. The summed E-state index contributed by atoms with van der Waals surface area (Å²) in [6.45, 7) is 7.28. The number of alkyl halides is 1. The number of esters is 1. The molecule has 0 aromatic heterocycles. The van der Waals surface area contributed by atoms with Gasteiger partial charge in [0.2, 0.25) is 6.29 Å². The lowest BCUT2D eigenvalue weighted by molar-refractivity contribution is -0.223. The predicted octanol–water partition coefficient (Wildman–Crippen LogP) is 3.73. The molecule has 2 unspecified atom stereocenters. The molecule has 2 rings (SSSR count). The molecule has 4 nitrogen and oxygen atoms in total. The zero-order chi connectivity index (χ0) is 17.0. The number of hydrogen-bond acceptors (Lipinski definition) is 4. The van der Waals surface area contributed by atoms with Gasteiger partial charge in [-0.2, -0.15) is 0 Å².